The molecule has 5 heteroatoms. The second-order valence-electron chi connectivity index (χ2n) is 4.40. The quantitative estimate of drug-likeness (QED) is 0.871. The monoisotopic (exact) mass is 316 g/mol. The summed E-state index contributed by atoms with van der Waals surface area (Å²) in [6, 6.07) is 3.78. The summed E-state index contributed by atoms with van der Waals surface area (Å²) in [5, 5.41) is 9.40. The minimum absolute atomic E-state index is 0.110. The van der Waals surface area contributed by atoms with Gasteiger partial charge in [0.15, 0.2) is 5.78 Å². The number of rotatable bonds is 3. The predicted molar refractivity (Wildman–Crippen MR) is 69.3 cm³/mol. The van der Waals surface area contributed by atoms with Crippen LogP contribution in [0.4, 0.5) is 0 Å². The molecule has 0 amide bonds. The summed E-state index contributed by atoms with van der Waals surface area (Å²) in [6.07, 6.45) is 2.85. The van der Waals surface area contributed by atoms with E-state index < -0.39 is 11.4 Å². The molecule has 1 aliphatic carbocycles. The normalized spacial score (nSPS) is 24.9. The number of carboxylic acid groups (broad SMARTS) is 1. The molecule has 1 unspecified atom stereocenters. The van der Waals surface area contributed by atoms with E-state index in [4.69, 9.17) is 0 Å². The summed E-state index contributed by atoms with van der Waals surface area (Å²) in [4.78, 5) is 24.4. The predicted octanol–water partition coefficient (Wildman–Crippen LogP) is 3.27. The maximum atomic E-state index is 12.0. The van der Waals surface area contributed by atoms with Gasteiger partial charge in [0.1, 0.15) is 5.41 Å². The average molecular weight is 317 g/mol. The van der Waals surface area contributed by atoms with E-state index >= 15 is 0 Å². The number of hydrogen-bond donors (Lipinski definition) is 1. The molecule has 1 aromatic rings. The third-order valence-corrected chi connectivity index (χ3v) is 4.93. The number of ketones is 1. The molecule has 1 aliphatic rings. The van der Waals surface area contributed by atoms with Crippen molar-refractivity contribution in [3.05, 3.63) is 20.8 Å². The Balaban J connectivity index is 2.28. The van der Waals surface area contributed by atoms with Crippen LogP contribution in [0, 0.1) is 5.41 Å². The number of carboxylic acids is 1. The number of carbonyl (C=O) groups is 2. The zero-order valence-electron chi connectivity index (χ0n) is 9.24. The summed E-state index contributed by atoms with van der Waals surface area (Å²) in [6.45, 7) is 0. The smallest absolute Gasteiger partial charge is 0.317 e. The fourth-order valence-electron chi connectivity index (χ4n) is 2.32. The molecule has 1 heterocycles. The van der Waals surface area contributed by atoms with E-state index in [9.17, 15) is 14.7 Å². The molecule has 0 spiro atoms. The van der Waals surface area contributed by atoms with Crippen molar-refractivity contribution in [2.75, 3.05) is 0 Å². The van der Waals surface area contributed by atoms with Crippen LogP contribution < -0.4 is 0 Å². The van der Waals surface area contributed by atoms with Crippen molar-refractivity contribution in [2.24, 2.45) is 5.41 Å². The number of halogens is 1. The van der Waals surface area contributed by atoms with Gasteiger partial charge in [-0.05, 0) is 40.9 Å². The Morgan fingerprint density at radius 1 is 1.47 bits per heavy atom. The lowest BCUT2D eigenvalue weighted by molar-refractivity contribution is -0.157. The van der Waals surface area contributed by atoms with Crippen molar-refractivity contribution in [1.82, 2.24) is 0 Å². The van der Waals surface area contributed by atoms with Gasteiger partial charge in [-0.1, -0.05) is 6.42 Å². The third kappa shape index (κ3) is 2.45. The molecule has 0 bridgehead atoms. The van der Waals surface area contributed by atoms with Crippen LogP contribution in [0.2, 0.25) is 0 Å². The van der Waals surface area contributed by atoms with Gasteiger partial charge in [0, 0.05) is 17.7 Å². The van der Waals surface area contributed by atoms with Gasteiger partial charge in [0.05, 0.1) is 3.79 Å². The number of aliphatic carboxylic acids is 1. The van der Waals surface area contributed by atoms with Crippen LogP contribution >= 0.6 is 27.3 Å². The van der Waals surface area contributed by atoms with Gasteiger partial charge in [0.25, 0.3) is 0 Å². The van der Waals surface area contributed by atoms with Gasteiger partial charge in [-0.15, -0.1) is 11.3 Å². The number of carbonyl (C=O) groups excluding carboxylic acids is 1. The van der Waals surface area contributed by atoms with Crippen LogP contribution in [-0.2, 0) is 16.0 Å². The van der Waals surface area contributed by atoms with E-state index in [0.717, 1.165) is 21.5 Å². The van der Waals surface area contributed by atoms with Gasteiger partial charge in [0.2, 0.25) is 0 Å². The number of thiophene rings is 1. The van der Waals surface area contributed by atoms with Crippen molar-refractivity contribution in [2.45, 2.75) is 32.1 Å². The lowest BCUT2D eigenvalue weighted by atomic mass is 9.70. The molecule has 1 fully saturated rings. The number of Topliss-reactive ketones (excluding diaryl/α,β-unsaturated/α-hetero) is 1. The molecule has 1 saturated carbocycles. The zero-order valence-corrected chi connectivity index (χ0v) is 11.6. The van der Waals surface area contributed by atoms with Crippen molar-refractivity contribution < 1.29 is 14.7 Å². The van der Waals surface area contributed by atoms with Crippen molar-refractivity contribution in [1.29, 1.82) is 0 Å². The molecule has 0 aliphatic heterocycles. The van der Waals surface area contributed by atoms with E-state index in [1.54, 1.807) is 0 Å². The molecular weight excluding hydrogens is 304 g/mol. The Hall–Kier alpha value is -0.680. The molecule has 17 heavy (non-hydrogen) atoms. The fourth-order valence-corrected chi connectivity index (χ4v) is 3.92. The molecule has 0 radical (unpaired) electrons. The lowest BCUT2D eigenvalue weighted by Crippen LogP contribution is -2.43. The Kier molecular flexibility index (Phi) is 3.68. The molecule has 2 rings (SSSR count). The van der Waals surface area contributed by atoms with Crippen molar-refractivity contribution in [3.8, 4) is 0 Å². The topological polar surface area (TPSA) is 54.4 Å². The Morgan fingerprint density at radius 2 is 2.24 bits per heavy atom. The van der Waals surface area contributed by atoms with Gasteiger partial charge in [-0.25, -0.2) is 0 Å². The van der Waals surface area contributed by atoms with Crippen LogP contribution in [-0.4, -0.2) is 16.9 Å². The minimum Gasteiger partial charge on any atom is -0.480 e. The van der Waals surface area contributed by atoms with Gasteiger partial charge >= 0.3 is 5.97 Å². The average Bonchev–Trinajstić information content (AvgIpc) is 2.67. The van der Waals surface area contributed by atoms with Gasteiger partial charge < -0.3 is 5.11 Å². The first-order valence-corrected chi connectivity index (χ1v) is 7.16. The summed E-state index contributed by atoms with van der Waals surface area (Å²) in [7, 11) is 0. The van der Waals surface area contributed by atoms with Crippen LogP contribution in [0.25, 0.3) is 0 Å². The first kappa shape index (κ1) is 12.8. The summed E-state index contributed by atoms with van der Waals surface area (Å²) in [5.74, 6) is -1.08. The van der Waals surface area contributed by atoms with E-state index in [1.807, 2.05) is 12.1 Å². The molecular formula is C12H13BrO3S. The van der Waals surface area contributed by atoms with Crippen LogP contribution in [0.1, 0.15) is 30.6 Å². The maximum absolute atomic E-state index is 12.0. The van der Waals surface area contributed by atoms with Crippen LogP contribution in [0.15, 0.2) is 15.9 Å². The lowest BCUT2D eigenvalue weighted by Gasteiger charge is -2.31. The molecule has 92 valence electrons. The highest BCUT2D eigenvalue weighted by atomic mass is 79.9. The van der Waals surface area contributed by atoms with Crippen molar-refractivity contribution >= 4 is 39.0 Å². The highest BCUT2D eigenvalue weighted by molar-refractivity contribution is 9.11. The Morgan fingerprint density at radius 3 is 2.76 bits per heavy atom. The summed E-state index contributed by atoms with van der Waals surface area (Å²) < 4.78 is 0.969. The van der Waals surface area contributed by atoms with Crippen molar-refractivity contribution in [3.63, 3.8) is 0 Å². The highest BCUT2D eigenvalue weighted by Gasteiger charge is 2.46. The van der Waals surface area contributed by atoms with E-state index in [0.29, 0.717) is 19.3 Å². The second kappa shape index (κ2) is 4.90. The molecule has 1 aromatic heterocycles. The number of hydrogen-bond acceptors (Lipinski definition) is 3. The van der Waals surface area contributed by atoms with Gasteiger partial charge in [-0.3, -0.25) is 9.59 Å². The summed E-state index contributed by atoms with van der Waals surface area (Å²) >= 11 is 4.85. The Labute approximate surface area is 112 Å². The standard InChI is InChI=1S/C12H13BrO3S/c13-10-5-4-8(17-10)7-12(11(15)16)6-2-1-3-9(12)14/h4-5H,1-3,6-7H2,(H,15,16). The third-order valence-electron chi connectivity index (χ3n) is 3.31. The SMILES string of the molecule is O=C(O)C1(Cc2ccc(Br)s2)CCCCC1=O. The molecule has 0 aromatic carbocycles. The van der Waals surface area contributed by atoms with Crippen LogP contribution in [0.3, 0.4) is 0 Å². The zero-order chi connectivity index (χ0) is 12.5. The minimum atomic E-state index is -1.18. The molecule has 0 saturated heterocycles. The maximum Gasteiger partial charge on any atom is 0.317 e. The molecule has 1 atom stereocenters. The van der Waals surface area contributed by atoms with Gasteiger partial charge in [-0.2, -0.15) is 0 Å². The first-order valence-electron chi connectivity index (χ1n) is 5.55. The van der Waals surface area contributed by atoms with E-state index in [-0.39, 0.29) is 5.78 Å². The van der Waals surface area contributed by atoms with E-state index in [2.05, 4.69) is 15.9 Å². The molecule has 1 N–H and O–H groups in total. The van der Waals surface area contributed by atoms with E-state index in [1.165, 1.54) is 11.3 Å². The fraction of sp³-hybridized carbons (Fsp3) is 0.500. The Bertz CT molecular complexity index is 454. The van der Waals surface area contributed by atoms with Crippen LogP contribution in [0.5, 0.6) is 0 Å². The first-order chi connectivity index (χ1) is 8.04. The largest absolute Gasteiger partial charge is 0.480 e. The molecule has 3 nitrogen and oxygen atoms in total. The highest BCUT2D eigenvalue weighted by Crippen LogP contribution is 2.38. The second-order valence-corrected chi connectivity index (χ2v) is 6.95. The summed E-state index contributed by atoms with van der Waals surface area (Å²) in [5.41, 5.74) is -1.18.